The average molecular weight is 246 g/mol. The van der Waals surface area contributed by atoms with Crippen molar-refractivity contribution in [1.82, 2.24) is 0 Å². The molecular formula is C17H26O. The highest BCUT2D eigenvalue weighted by molar-refractivity contribution is 5.14. The molecule has 1 aliphatic rings. The first-order chi connectivity index (χ1) is 8.79. The van der Waals surface area contributed by atoms with E-state index in [4.69, 9.17) is 0 Å². The molecule has 1 nitrogen and oxygen atoms in total. The fraction of sp³-hybridized carbons (Fsp3) is 0.647. The summed E-state index contributed by atoms with van der Waals surface area (Å²) in [5, 5.41) is 10.1. The minimum absolute atomic E-state index is 0.0539. The summed E-state index contributed by atoms with van der Waals surface area (Å²) >= 11 is 0. The molecule has 0 amide bonds. The Hall–Kier alpha value is -0.820. The highest BCUT2D eigenvalue weighted by Crippen LogP contribution is 2.34. The number of aliphatic hydroxyl groups excluding tert-OH is 1. The van der Waals surface area contributed by atoms with E-state index in [1.807, 2.05) is 0 Å². The van der Waals surface area contributed by atoms with Gasteiger partial charge in [-0.3, -0.25) is 0 Å². The third kappa shape index (κ3) is 3.84. The van der Waals surface area contributed by atoms with E-state index in [0.29, 0.717) is 5.92 Å². The number of hydrogen-bond donors (Lipinski definition) is 1. The van der Waals surface area contributed by atoms with E-state index in [2.05, 4.69) is 37.3 Å². The monoisotopic (exact) mass is 246 g/mol. The maximum Gasteiger partial charge on any atom is 0.0568 e. The molecule has 2 rings (SSSR count). The van der Waals surface area contributed by atoms with Crippen LogP contribution in [0, 0.1) is 11.8 Å². The Balaban J connectivity index is 1.83. The summed E-state index contributed by atoms with van der Waals surface area (Å²) < 4.78 is 0. The van der Waals surface area contributed by atoms with Crippen molar-refractivity contribution >= 4 is 0 Å². The molecule has 0 radical (unpaired) electrons. The van der Waals surface area contributed by atoms with Gasteiger partial charge in [-0.25, -0.2) is 0 Å². The summed E-state index contributed by atoms with van der Waals surface area (Å²) in [6.07, 6.45) is 8.32. The van der Waals surface area contributed by atoms with E-state index in [-0.39, 0.29) is 6.10 Å². The SMILES string of the molecule is CCCC1CCC(O)C(CCc2ccccc2)C1. The van der Waals surface area contributed by atoms with Crippen molar-refractivity contribution in [3.63, 3.8) is 0 Å². The standard InChI is InChI=1S/C17H26O/c1-2-6-15-10-12-17(18)16(13-15)11-9-14-7-4-3-5-8-14/h3-5,7-8,15-18H,2,6,9-13H2,1H3. The van der Waals surface area contributed by atoms with Gasteiger partial charge in [0.2, 0.25) is 0 Å². The second kappa shape index (κ2) is 6.94. The number of benzene rings is 1. The van der Waals surface area contributed by atoms with Crippen LogP contribution in [0.1, 0.15) is 51.0 Å². The van der Waals surface area contributed by atoms with Crippen molar-refractivity contribution < 1.29 is 5.11 Å². The van der Waals surface area contributed by atoms with E-state index < -0.39 is 0 Å². The van der Waals surface area contributed by atoms with E-state index in [1.54, 1.807) is 0 Å². The van der Waals surface area contributed by atoms with Crippen LogP contribution in [0.3, 0.4) is 0 Å². The zero-order valence-electron chi connectivity index (χ0n) is 11.5. The molecule has 100 valence electrons. The fourth-order valence-electron chi connectivity index (χ4n) is 3.32. The molecule has 1 fully saturated rings. The second-order valence-electron chi connectivity index (χ2n) is 5.82. The Labute approximate surface area is 111 Å². The molecule has 0 saturated heterocycles. The van der Waals surface area contributed by atoms with Crippen molar-refractivity contribution in [2.45, 2.75) is 58.0 Å². The average Bonchev–Trinajstić information content (AvgIpc) is 2.41. The van der Waals surface area contributed by atoms with Crippen molar-refractivity contribution in [3.8, 4) is 0 Å². The minimum atomic E-state index is -0.0539. The van der Waals surface area contributed by atoms with Crippen LogP contribution >= 0.6 is 0 Å². The summed E-state index contributed by atoms with van der Waals surface area (Å²) in [6.45, 7) is 2.27. The molecule has 0 aliphatic heterocycles. The maximum atomic E-state index is 10.1. The molecule has 1 saturated carbocycles. The van der Waals surface area contributed by atoms with Gasteiger partial charge >= 0.3 is 0 Å². The summed E-state index contributed by atoms with van der Waals surface area (Å²) in [5.41, 5.74) is 1.40. The summed E-state index contributed by atoms with van der Waals surface area (Å²) in [6, 6.07) is 10.7. The van der Waals surface area contributed by atoms with Crippen LogP contribution in [0.15, 0.2) is 30.3 Å². The Kier molecular flexibility index (Phi) is 5.25. The first-order valence-corrected chi connectivity index (χ1v) is 7.51. The van der Waals surface area contributed by atoms with Gasteiger partial charge < -0.3 is 5.11 Å². The highest BCUT2D eigenvalue weighted by Gasteiger charge is 2.28. The predicted molar refractivity (Wildman–Crippen MR) is 76.5 cm³/mol. The van der Waals surface area contributed by atoms with Crippen LogP contribution in [0.2, 0.25) is 0 Å². The molecule has 0 bridgehead atoms. The van der Waals surface area contributed by atoms with Crippen molar-refractivity contribution in [2.75, 3.05) is 0 Å². The van der Waals surface area contributed by atoms with E-state index >= 15 is 0 Å². The Bertz CT molecular complexity index is 333. The van der Waals surface area contributed by atoms with Gasteiger partial charge in [-0.2, -0.15) is 0 Å². The lowest BCUT2D eigenvalue weighted by atomic mass is 9.75. The van der Waals surface area contributed by atoms with Crippen LogP contribution < -0.4 is 0 Å². The zero-order chi connectivity index (χ0) is 12.8. The molecule has 3 unspecified atom stereocenters. The van der Waals surface area contributed by atoms with E-state index in [0.717, 1.165) is 25.2 Å². The lowest BCUT2D eigenvalue weighted by Gasteiger charge is -2.33. The van der Waals surface area contributed by atoms with Gasteiger partial charge in [0, 0.05) is 0 Å². The lowest BCUT2D eigenvalue weighted by molar-refractivity contribution is 0.0420. The molecule has 0 heterocycles. The summed E-state index contributed by atoms with van der Waals surface area (Å²) in [7, 11) is 0. The third-order valence-electron chi connectivity index (χ3n) is 4.39. The normalized spacial score (nSPS) is 28.2. The molecule has 1 aliphatic carbocycles. The summed E-state index contributed by atoms with van der Waals surface area (Å²) in [5.74, 6) is 1.38. The fourth-order valence-corrected chi connectivity index (χ4v) is 3.32. The Morgan fingerprint density at radius 1 is 1.11 bits per heavy atom. The van der Waals surface area contributed by atoms with Gasteiger partial charge in [0.1, 0.15) is 0 Å². The smallest absolute Gasteiger partial charge is 0.0568 e. The topological polar surface area (TPSA) is 20.2 Å². The second-order valence-corrected chi connectivity index (χ2v) is 5.82. The van der Waals surface area contributed by atoms with Crippen LogP contribution in [0.25, 0.3) is 0 Å². The number of hydrogen-bond acceptors (Lipinski definition) is 1. The molecular weight excluding hydrogens is 220 g/mol. The number of rotatable bonds is 5. The van der Waals surface area contributed by atoms with E-state index in [9.17, 15) is 5.11 Å². The van der Waals surface area contributed by atoms with Gasteiger partial charge in [-0.15, -0.1) is 0 Å². The zero-order valence-corrected chi connectivity index (χ0v) is 11.5. The molecule has 1 aromatic rings. The van der Waals surface area contributed by atoms with Crippen LogP contribution in [0.4, 0.5) is 0 Å². The molecule has 1 aromatic carbocycles. The quantitative estimate of drug-likeness (QED) is 0.825. The van der Waals surface area contributed by atoms with E-state index in [1.165, 1.54) is 31.2 Å². The maximum absolute atomic E-state index is 10.1. The van der Waals surface area contributed by atoms with Crippen LogP contribution in [0.5, 0.6) is 0 Å². The lowest BCUT2D eigenvalue weighted by Crippen LogP contribution is -2.29. The molecule has 1 heteroatoms. The first-order valence-electron chi connectivity index (χ1n) is 7.51. The molecule has 18 heavy (non-hydrogen) atoms. The van der Waals surface area contributed by atoms with Crippen LogP contribution in [-0.4, -0.2) is 11.2 Å². The largest absolute Gasteiger partial charge is 0.393 e. The van der Waals surface area contributed by atoms with Crippen LogP contribution in [-0.2, 0) is 6.42 Å². The minimum Gasteiger partial charge on any atom is -0.393 e. The van der Waals surface area contributed by atoms with Crippen molar-refractivity contribution in [1.29, 1.82) is 0 Å². The summed E-state index contributed by atoms with van der Waals surface area (Å²) in [4.78, 5) is 0. The van der Waals surface area contributed by atoms with Gasteiger partial charge in [-0.1, -0.05) is 50.1 Å². The molecule has 3 atom stereocenters. The predicted octanol–water partition coefficient (Wildman–Crippen LogP) is 4.20. The molecule has 0 spiro atoms. The first kappa shape index (κ1) is 13.6. The van der Waals surface area contributed by atoms with Gasteiger partial charge in [0.05, 0.1) is 6.10 Å². The number of aryl methyl sites for hydroxylation is 1. The Morgan fingerprint density at radius 3 is 2.61 bits per heavy atom. The molecule has 0 aromatic heterocycles. The highest BCUT2D eigenvalue weighted by atomic mass is 16.3. The van der Waals surface area contributed by atoms with Gasteiger partial charge in [0.15, 0.2) is 0 Å². The van der Waals surface area contributed by atoms with Crippen molar-refractivity contribution in [2.24, 2.45) is 11.8 Å². The van der Waals surface area contributed by atoms with Crippen molar-refractivity contribution in [3.05, 3.63) is 35.9 Å². The third-order valence-corrected chi connectivity index (χ3v) is 4.39. The number of aliphatic hydroxyl groups is 1. The van der Waals surface area contributed by atoms with Gasteiger partial charge in [0.25, 0.3) is 0 Å². The van der Waals surface area contributed by atoms with Gasteiger partial charge in [-0.05, 0) is 49.5 Å². The Morgan fingerprint density at radius 2 is 1.89 bits per heavy atom. The molecule has 1 N–H and O–H groups in total.